The van der Waals surface area contributed by atoms with Gasteiger partial charge in [-0.25, -0.2) is 0 Å². The largest absolute Gasteiger partial charge is 0.507 e. The van der Waals surface area contributed by atoms with Gasteiger partial charge >= 0.3 is 0 Å². The molecule has 5 heteroatoms. The first-order valence-corrected chi connectivity index (χ1v) is 17.3. The number of hydrogen-bond acceptors (Lipinski definition) is 4. The summed E-state index contributed by atoms with van der Waals surface area (Å²) < 4.78 is 0. The number of hydrogen-bond donors (Lipinski definition) is 1. The Balaban J connectivity index is 0.00000406. The van der Waals surface area contributed by atoms with Crippen LogP contribution in [0.1, 0.15) is 75.1 Å². The molecule has 7 aromatic rings. The number of aromatic hydroxyl groups is 1. The number of phenolic OH excluding ortho intramolecular Hbond substituents is 1. The van der Waals surface area contributed by atoms with Crippen LogP contribution in [0.4, 0.5) is 0 Å². The van der Waals surface area contributed by atoms with Gasteiger partial charge in [-0.3, -0.25) is 15.0 Å². The molecular weight excluding hydrogens is 806 g/mol. The van der Waals surface area contributed by atoms with Gasteiger partial charge in [0.2, 0.25) is 0 Å². The summed E-state index contributed by atoms with van der Waals surface area (Å²) >= 11 is 0. The molecule has 2 heterocycles. The van der Waals surface area contributed by atoms with Crippen LogP contribution in [0.25, 0.3) is 44.7 Å². The average molecular weight is 846 g/mol. The van der Waals surface area contributed by atoms with Crippen LogP contribution in [-0.4, -0.2) is 20.1 Å². The third-order valence-corrected chi connectivity index (χ3v) is 10.1. The van der Waals surface area contributed by atoms with Crippen molar-refractivity contribution in [3.05, 3.63) is 167 Å². The summed E-state index contributed by atoms with van der Waals surface area (Å²) in [5.74, 6) is 0.201. The van der Waals surface area contributed by atoms with E-state index in [4.69, 9.17) is 15.0 Å². The zero-order valence-electron chi connectivity index (χ0n) is 29.7. The Labute approximate surface area is 315 Å². The molecule has 0 spiro atoms. The number of nitrogens with zero attached hydrogens (tertiary/aromatic N) is 3. The van der Waals surface area contributed by atoms with Crippen LogP contribution in [0, 0.1) is 6.07 Å². The number of aromatic nitrogens is 3. The maximum absolute atomic E-state index is 10.9. The number of pyridine rings is 1. The van der Waals surface area contributed by atoms with Crippen molar-refractivity contribution in [1.82, 2.24) is 15.0 Å². The average Bonchev–Trinajstić information content (AvgIpc) is 3.41. The molecule has 0 unspecified atom stereocenters. The molecule has 1 N–H and O–H groups in total. The fraction of sp³-hybridized carbons (Fsp3) is 0.196. The van der Waals surface area contributed by atoms with E-state index < -0.39 is 5.41 Å². The number of phenols is 1. The number of benzene rings is 5. The van der Waals surface area contributed by atoms with Crippen LogP contribution in [0.5, 0.6) is 5.75 Å². The molecule has 1 aliphatic rings. The molecular formula is C46H40N3OPt-. The van der Waals surface area contributed by atoms with Crippen molar-refractivity contribution in [3.63, 3.8) is 0 Å². The molecule has 0 radical (unpaired) electrons. The van der Waals surface area contributed by atoms with Crippen LogP contribution < -0.4 is 0 Å². The van der Waals surface area contributed by atoms with E-state index >= 15 is 0 Å². The molecule has 1 aliphatic carbocycles. The fourth-order valence-electron chi connectivity index (χ4n) is 7.37. The minimum atomic E-state index is -0.826. The van der Waals surface area contributed by atoms with Gasteiger partial charge in [-0.2, -0.15) is 0 Å². The Kier molecular flexibility index (Phi) is 8.59. The molecule has 4 nitrogen and oxygen atoms in total. The van der Waals surface area contributed by atoms with Crippen molar-refractivity contribution in [2.75, 3.05) is 0 Å². The summed E-state index contributed by atoms with van der Waals surface area (Å²) in [6.07, 6.45) is 1.84. The van der Waals surface area contributed by atoms with E-state index in [-0.39, 0.29) is 37.6 Å². The van der Waals surface area contributed by atoms with Crippen molar-refractivity contribution in [2.45, 2.75) is 57.8 Å². The zero-order chi connectivity index (χ0) is 34.8. The van der Waals surface area contributed by atoms with Gasteiger partial charge in [-0.1, -0.05) is 108 Å². The summed E-state index contributed by atoms with van der Waals surface area (Å²) in [6, 6.07) is 45.7. The Morgan fingerprint density at radius 2 is 1.18 bits per heavy atom. The molecule has 0 saturated heterocycles. The Hall–Kier alpha value is -4.92. The first-order valence-electron chi connectivity index (χ1n) is 17.3. The van der Waals surface area contributed by atoms with E-state index in [9.17, 15) is 5.11 Å². The number of rotatable bonds is 4. The van der Waals surface area contributed by atoms with E-state index in [2.05, 4.69) is 114 Å². The van der Waals surface area contributed by atoms with Crippen molar-refractivity contribution in [1.29, 1.82) is 0 Å². The van der Waals surface area contributed by atoms with E-state index in [1.807, 2.05) is 54.7 Å². The summed E-state index contributed by atoms with van der Waals surface area (Å²) in [6.45, 7) is 13.6. The molecule has 0 fully saturated rings. The van der Waals surface area contributed by atoms with Crippen LogP contribution in [0.15, 0.2) is 128 Å². The zero-order valence-corrected chi connectivity index (χ0v) is 32.0. The summed E-state index contributed by atoms with van der Waals surface area (Å²) in [4.78, 5) is 15.2. The SMILES string of the molecule is CC(C)(C)c1ccc2c(c1)C(c1[c-]c(-c3cnc4ccccc4n3)ccc1)(c1cccc(-c3ccccc3O)n1)c1cc(C(C)(C)C)ccc1-2.[Pt]. The monoisotopic (exact) mass is 845 g/mol. The van der Waals surface area contributed by atoms with Gasteiger partial charge in [0.1, 0.15) is 5.75 Å². The normalized spacial score (nSPS) is 13.4. The molecule has 8 rings (SSSR count). The first kappa shape index (κ1) is 34.5. The predicted octanol–water partition coefficient (Wildman–Crippen LogP) is 10.8. The van der Waals surface area contributed by atoms with Crippen LogP contribution >= 0.6 is 0 Å². The quantitative estimate of drug-likeness (QED) is 0.179. The number of para-hydroxylation sites is 3. The minimum absolute atomic E-state index is 0. The Bertz CT molecular complexity index is 2370. The second kappa shape index (κ2) is 12.7. The predicted molar refractivity (Wildman–Crippen MR) is 203 cm³/mol. The van der Waals surface area contributed by atoms with E-state index in [0.717, 1.165) is 33.5 Å². The second-order valence-electron chi connectivity index (χ2n) is 15.4. The van der Waals surface area contributed by atoms with Gasteiger partial charge < -0.3 is 5.11 Å². The van der Waals surface area contributed by atoms with E-state index in [1.165, 1.54) is 33.4 Å². The van der Waals surface area contributed by atoms with Gasteiger partial charge in [0.25, 0.3) is 0 Å². The third-order valence-electron chi connectivity index (χ3n) is 10.1. The molecule has 0 bridgehead atoms. The van der Waals surface area contributed by atoms with Gasteiger partial charge in [0.05, 0.1) is 27.8 Å². The van der Waals surface area contributed by atoms with Crippen LogP contribution in [0.3, 0.4) is 0 Å². The first-order chi connectivity index (χ1) is 23.9. The molecule has 2 aromatic heterocycles. The number of fused-ring (bicyclic) bond motifs is 4. The van der Waals surface area contributed by atoms with Crippen molar-refractivity contribution in [2.24, 2.45) is 0 Å². The molecule has 5 aromatic carbocycles. The van der Waals surface area contributed by atoms with E-state index in [1.54, 1.807) is 6.07 Å². The summed E-state index contributed by atoms with van der Waals surface area (Å²) in [7, 11) is 0. The fourth-order valence-corrected chi connectivity index (χ4v) is 7.37. The molecule has 51 heavy (non-hydrogen) atoms. The van der Waals surface area contributed by atoms with Gasteiger partial charge in [0, 0.05) is 38.5 Å². The molecule has 0 aliphatic heterocycles. The third kappa shape index (κ3) is 5.80. The molecule has 256 valence electrons. The van der Waals surface area contributed by atoms with Crippen LogP contribution in [0.2, 0.25) is 0 Å². The van der Waals surface area contributed by atoms with Gasteiger partial charge in [-0.05, 0) is 80.6 Å². The standard InChI is InChI=1S/C46H40N3O.Pt/c1-44(2,3)30-21-23-33-34-24-22-31(45(4,5)6)27-37(34)46(36(33)26-30,43-20-12-18-38(49-43)35-15-7-10-19-42(35)50)32-14-11-13-29(25-32)41-28-47-39-16-8-9-17-40(39)48-41;/h7-24,26-28,50H,1-6H3;/q-1;. The Morgan fingerprint density at radius 3 is 1.82 bits per heavy atom. The van der Waals surface area contributed by atoms with Crippen molar-refractivity contribution in [3.8, 4) is 39.4 Å². The Morgan fingerprint density at radius 1 is 0.569 bits per heavy atom. The van der Waals surface area contributed by atoms with Gasteiger partial charge in [-0.15, -0.1) is 35.4 Å². The topological polar surface area (TPSA) is 58.9 Å². The smallest absolute Gasteiger partial charge is 0.124 e. The van der Waals surface area contributed by atoms with E-state index in [0.29, 0.717) is 11.3 Å². The van der Waals surface area contributed by atoms with Gasteiger partial charge in [0.15, 0.2) is 0 Å². The molecule has 0 atom stereocenters. The van der Waals surface area contributed by atoms with Crippen LogP contribution in [-0.2, 0) is 37.3 Å². The minimum Gasteiger partial charge on any atom is -0.507 e. The summed E-state index contributed by atoms with van der Waals surface area (Å²) in [5, 5.41) is 10.9. The molecule has 0 amide bonds. The maximum Gasteiger partial charge on any atom is 0.124 e. The second-order valence-corrected chi connectivity index (χ2v) is 15.4. The maximum atomic E-state index is 10.9. The van der Waals surface area contributed by atoms with Crippen molar-refractivity contribution < 1.29 is 26.2 Å². The van der Waals surface area contributed by atoms with Crippen molar-refractivity contribution >= 4 is 11.0 Å². The summed E-state index contributed by atoms with van der Waals surface area (Å²) in [5.41, 5.74) is 12.8. The molecule has 0 saturated carbocycles.